The van der Waals surface area contributed by atoms with Crippen LogP contribution >= 0.6 is 0 Å². The van der Waals surface area contributed by atoms with Crippen LogP contribution in [0.25, 0.3) is 0 Å². The maximum atomic E-state index is 10.8. The third kappa shape index (κ3) is 1.14. The monoisotopic (exact) mass is 235 g/mol. The van der Waals surface area contributed by atoms with Gasteiger partial charge in [0, 0.05) is 12.0 Å². The van der Waals surface area contributed by atoms with E-state index in [9.17, 15) is 4.79 Å². The van der Waals surface area contributed by atoms with Gasteiger partial charge in [-0.3, -0.25) is 4.79 Å². The lowest BCUT2D eigenvalue weighted by Gasteiger charge is -2.48. The van der Waals surface area contributed by atoms with Crippen molar-refractivity contribution in [1.82, 2.24) is 5.32 Å². The fourth-order valence-electron chi connectivity index (χ4n) is 5.37. The first-order valence-electron chi connectivity index (χ1n) is 7.21. The van der Waals surface area contributed by atoms with Gasteiger partial charge in [0.05, 0.1) is 5.60 Å². The van der Waals surface area contributed by atoms with E-state index in [0.29, 0.717) is 17.9 Å². The van der Waals surface area contributed by atoms with Gasteiger partial charge in [-0.25, -0.2) is 0 Å². The molecule has 0 spiro atoms. The third-order valence-electron chi connectivity index (χ3n) is 5.97. The van der Waals surface area contributed by atoms with Gasteiger partial charge >= 0.3 is 0 Å². The van der Waals surface area contributed by atoms with Crippen molar-refractivity contribution in [2.24, 2.45) is 11.8 Å². The molecule has 4 fully saturated rings. The van der Waals surface area contributed by atoms with Gasteiger partial charge in [-0.2, -0.15) is 0 Å². The van der Waals surface area contributed by atoms with Crippen LogP contribution < -0.4 is 5.32 Å². The van der Waals surface area contributed by atoms with Gasteiger partial charge in [-0.1, -0.05) is 19.3 Å². The summed E-state index contributed by atoms with van der Waals surface area (Å²) in [4.78, 5) is 10.8. The van der Waals surface area contributed by atoms with Crippen molar-refractivity contribution in [3.63, 3.8) is 0 Å². The molecule has 0 aromatic rings. The number of amides is 1. The van der Waals surface area contributed by atoms with Gasteiger partial charge in [0.15, 0.2) is 0 Å². The highest BCUT2D eigenvalue weighted by atomic mass is 16.6. The predicted octanol–water partition coefficient (Wildman–Crippen LogP) is 2.00. The Bertz CT molecular complexity index is 358. The molecule has 5 atom stereocenters. The van der Waals surface area contributed by atoms with E-state index in [1.54, 1.807) is 0 Å². The van der Waals surface area contributed by atoms with Gasteiger partial charge < -0.3 is 10.1 Å². The molecule has 3 heteroatoms. The molecule has 3 aliphatic carbocycles. The van der Waals surface area contributed by atoms with Gasteiger partial charge in [0.2, 0.25) is 6.41 Å². The molecule has 17 heavy (non-hydrogen) atoms. The zero-order valence-corrected chi connectivity index (χ0v) is 10.3. The topological polar surface area (TPSA) is 41.6 Å². The second kappa shape index (κ2) is 3.25. The number of carbonyl (C=O) groups is 1. The third-order valence-corrected chi connectivity index (χ3v) is 5.97. The fraction of sp³-hybridized carbons (Fsp3) is 0.929. The molecular formula is C14H21NO2. The first-order chi connectivity index (χ1) is 8.31. The Labute approximate surface area is 102 Å². The molecule has 4 rings (SSSR count). The highest BCUT2D eigenvalue weighted by Crippen LogP contribution is 2.70. The van der Waals surface area contributed by atoms with Crippen LogP contribution in [0.5, 0.6) is 0 Å². The molecule has 2 bridgehead atoms. The van der Waals surface area contributed by atoms with E-state index in [1.165, 1.54) is 51.4 Å². The van der Waals surface area contributed by atoms with Crippen LogP contribution in [-0.4, -0.2) is 23.7 Å². The molecule has 1 unspecified atom stereocenters. The Balaban J connectivity index is 1.69. The number of hydrogen-bond acceptors (Lipinski definition) is 2. The SMILES string of the molecule is O=CN[C@@H]1C2CCC[C@@H]1[C@]13CCCC[C@@]1(C2)O3. The first-order valence-corrected chi connectivity index (χ1v) is 7.21. The largest absolute Gasteiger partial charge is 0.362 e. The van der Waals surface area contributed by atoms with E-state index in [-0.39, 0.29) is 11.2 Å². The Hall–Kier alpha value is -0.570. The minimum Gasteiger partial charge on any atom is -0.362 e. The summed E-state index contributed by atoms with van der Waals surface area (Å²) in [5.74, 6) is 1.27. The molecule has 0 aromatic heterocycles. The summed E-state index contributed by atoms with van der Waals surface area (Å²) >= 11 is 0. The lowest BCUT2D eigenvalue weighted by molar-refractivity contribution is -0.111. The van der Waals surface area contributed by atoms with Crippen LogP contribution in [0.15, 0.2) is 0 Å². The summed E-state index contributed by atoms with van der Waals surface area (Å²) < 4.78 is 6.35. The average Bonchev–Trinajstić information content (AvgIpc) is 3.00. The molecule has 3 saturated carbocycles. The van der Waals surface area contributed by atoms with Crippen molar-refractivity contribution in [1.29, 1.82) is 0 Å². The zero-order chi connectivity index (χ0) is 11.5. The summed E-state index contributed by atoms with van der Waals surface area (Å²) in [5.41, 5.74) is 0.408. The lowest BCUT2D eigenvalue weighted by atomic mass is 9.56. The Morgan fingerprint density at radius 1 is 1.18 bits per heavy atom. The van der Waals surface area contributed by atoms with Crippen molar-refractivity contribution in [2.45, 2.75) is 68.6 Å². The molecular weight excluding hydrogens is 214 g/mol. The molecule has 0 radical (unpaired) electrons. The van der Waals surface area contributed by atoms with Gasteiger partial charge in [0.1, 0.15) is 5.60 Å². The molecule has 3 nitrogen and oxygen atoms in total. The van der Waals surface area contributed by atoms with Crippen LogP contribution in [0, 0.1) is 11.8 Å². The van der Waals surface area contributed by atoms with Crippen molar-refractivity contribution >= 4 is 6.41 Å². The van der Waals surface area contributed by atoms with Crippen molar-refractivity contribution in [3.05, 3.63) is 0 Å². The normalized spacial score (nSPS) is 55.4. The van der Waals surface area contributed by atoms with Crippen LogP contribution in [0.2, 0.25) is 0 Å². The Morgan fingerprint density at radius 2 is 2.06 bits per heavy atom. The molecule has 1 amide bonds. The fourth-order valence-corrected chi connectivity index (χ4v) is 5.37. The molecule has 1 N–H and O–H groups in total. The van der Waals surface area contributed by atoms with E-state index < -0.39 is 0 Å². The van der Waals surface area contributed by atoms with Gasteiger partial charge in [-0.15, -0.1) is 0 Å². The van der Waals surface area contributed by atoms with E-state index in [4.69, 9.17) is 4.74 Å². The number of rotatable bonds is 2. The van der Waals surface area contributed by atoms with E-state index in [0.717, 1.165) is 6.41 Å². The highest BCUT2D eigenvalue weighted by Gasteiger charge is 2.77. The molecule has 94 valence electrons. The second-order valence-electron chi connectivity index (χ2n) is 6.50. The summed E-state index contributed by atoms with van der Waals surface area (Å²) in [6.07, 6.45) is 11.1. The van der Waals surface area contributed by atoms with Gasteiger partial charge in [0.25, 0.3) is 0 Å². The smallest absolute Gasteiger partial charge is 0.207 e. The van der Waals surface area contributed by atoms with Crippen LogP contribution in [0.3, 0.4) is 0 Å². The van der Waals surface area contributed by atoms with Crippen molar-refractivity contribution in [3.8, 4) is 0 Å². The van der Waals surface area contributed by atoms with E-state index in [2.05, 4.69) is 5.32 Å². The minimum absolute atomic E-state index is 0.169. The number of hydrogen-bond donors (Lipinski definition) is 1. The average molecular weight is 235 g/mol. The molecule has 4 aliphatic rings. The second-order valence-corrected chi connectivity index (χ2v) is 6.50. The van der Waals surface area contributed by atoms with Gasteiger partial charge in [-0.05, 0) is 38.0 Å². The van der Waals surface area contributed by atoms with Crippen LogP contribution in [0.1, 0.15) is 51.4 Å². The number of ether oxygens (including phenoxy) is 1. The molecule has 1 saturated heterocycles. The number of epoxide rings is 1. The highest BCUT2D eigenvalue weighted by molar-refractivity contribution is 5.48. The summed E-state index contributed by atoms with van der Waals surface area (Å²) in [6.45, 7) is 0. The number of carbonyl (C=O) groups excluding carboxylic acids is 1. The number of nitrogens with one attached hydrogen (secondary N) is 1. The zero-order valence-electron chi connectivity index (χ0n) is 10.3. The maximum absolute atomic E-state index is 10.8. The maximum Gasteiger partial charge on any atom is 0.207 e. The van der Waals surface area contributed by atoms with Crippen molar-refractivity contribution in [2.75, 3.05) is 0 Å². The summed E-state index contributed by atoms with van der Waals surface area (Å²) in [6, 6.07) is 0.398. The lowest BCUT2D eigenvalue weighted by Crippen LogP contribution is -2.57. The Kier molecular flexibility index (Phi) is 1.98. The molecule has 0 aromatic carbocycles. The standard InChI is InChI=1S/C14H21NO2/c16-9-15-12-10-4-3-5-11(12)14-7-2-1-6-13(14,8-10)17-14/h9-12H,1-8H2,(H,15,16)/t10?,11-,12+,13-,14+/m0/s1. The van der Waals surface area contributed by atoms with Crippen molar-refractivity contribution < 1.29 is 9.53 Å². The van der Waals surface area contributed by atoms with E-state index >= 15 is 0 Å². The molecule has 1 aliphatic heterocycles. The van der Waals surface area contributed by atoms with Crippen LogP contribution in [-0.2, 0) is 9.53 Å². The summed E-state index contributed by atoms with van der Waals surface area (Å²) in [5, 5.41) is 3.11. The summed E-state index contributed by atoms with van der Waals surface area (Å²) in [7, 11) is 0. The Morgan fingerprint density at radius 3 is 2.94 bits per heavy atom. The van der Waals surface area contributed by atoms with Crippen LogP contribution in [0.4, 0.5) is 0 Å². The predicted molar refractivity (Wildman–Crippen MR) is 63.5 cm³/mol. The number of fused-ring (bicyclic) bond motifs is 2. The minimum atomic E-state index is 0.169. The molecule has 1 heterocycles. The first kappa shape index (κ1) is 10.4. The quantitative estimate of drug-likeness (QED) is 0.587. The van der Waals surface area contributed by atoms with E-state index in [1.807, 2.05) is 0 Å².